The van der Waals surface area contributed by atoms with Crippen molar-refractivity contribution in [3.05, 3.63) is 65.2 Å². The number of hydrogen-bond acceptors (Lipinski definition) is 2. The van der Waals surface area contributed by atoms with Crippen LogP contribution in [0.2, 0.25) is 0 Å². The highest BCUT2D eigenvalue weighted by Gasteiger charge is 2.09. The highest BCUT2D eigenvalue weighted by Crippen LogP contribution is 2.20. The number of methoxy groups -OCH3 is 1. The summed E-state index contributed by atoms with van der Waals surface area (Å²) in [4.78, 5) is 11.4. The maximum atomic E-state index is 11.4. The van der Waals surface area contributed by atoms with Gasteiger partial charge in [0.2, 0.25) is 5.91 Å². The number of nitrogens with two attached hydrogens (primary N) is 1. The Balaban J connectivity index is 2.38. The van der Waals surface area contributed by atoms with Gasteiger partial charge >= 0.3 is 0 Å². The summed E-state index contributed by atoms with van der Waals surface area (Å²) in [6.45, 7) is 0. The predicted molar refractivity (Wildman–Crippen MR) is 70.8 cm³/mol. The number of benzene rings is 2. The summed E-state index contributed by atoms with van der Waals surface area (Å²) in [5.41, 5.74) is 7.94. The SMILES string of the molecule is COc1ccc(C(N)=O)c(Cc2ccccc2)c1. The molecule has 2 aromatic carbocycles. The van der Waals surface area contributed by atoms with Crippen molar-refractivity contribution in [3.8, 4) is 5.75 Å². The van der Waals surface area contributed by atoms with Crippen molar-refractivity contribution in [1.82, 2.24) is 0 Å². The molecule has 2 N–H and O–H groups in total. The van der Waals surface area contributed by atoms with E-state index >= 15 is 0 Å². The van der Waals surface area contributed by atoms with Gasteiger partial charge in [0.25, 0.3) is 0 Å². The molecule has 0 spiro atoms. The molecule has 0 unspecified atom stereocenters. The lowest BCUT2D eigenvalue weighted by atomic mass is 9.99. The Bertz CT molecular complexity index is 550. The first-order chi connectivity index (χ1) is 8.70. The van der Waals surface area contributed by atoms with E-state index in [0.29, 0.717) is 12.0 Å². The van der Waals surface area contributed by atoms with Gasteiger partial charge < -0.3 is 10.5 Å². The Kier molecular flexibility index (Phi) is 3.63. The molecule has 0 radical (unpaired) electrons. The van der Waals surface area contributed by atoms with E-state index in [9.17, 15) is 4.79 Å². The van der Waals surface area contributed by atoms with Crippen molar-refractivity contribution in [2.75, 3.05) is 7.11 Å². The average Bonchev–Trinajstić information content (AvgIpc) is 2.39. The van der Waals surface area contributed by atoms with Gasteiger partial charge in [0.1, 0.15) is 5.75 Å². The number of amides is 1. The molecule has 3 heteroatoms. The lowest BCUT2D eigenvalue weighted by molar-refractivity contribution is 0.0999. The van der Waals surface area contributed by atoms with E-state index in [2.05, 4.69) is 0 Å². The third-order valence-corrected chi connectivity index (χ3v) is 2.82. The van der Waals surface area contributed by atoms with Crippen LogP contribution in [0.1, 0.15) is 21.5 Å². The Morgan fingerprint density at radius 2 is 1.89 bits per heavy atom. The second kappa shape index (κ2) is 5.36. The average molecular weight is 241 g/mol. The van der Waals surface area contributed by atoms with Gasteiger partial charge in [0.15, 0.2) is 0 Å². The topological polar surface area (TPSA) is 52.3 Å². The van der Waals surface area contributed by atoms with Crippen LogP contribution >= 0.6 is 0 Å². The Morgan fingerprint density at radius 3 is 2.50 bits per heavy atom. The van der Waals surface area contributed by atoms with Crippen molar-refractivity contribution in [2.45, 2.75) is 6.42 Å². The first-order valence-corrected chi connectivity index (χ1v) is 5.71. The predicted octanol–water partition coefficient (Wildman–Crippen LogP) is 2.38. The molecule has 0 aliphatic carbocycles. The first-order valence-electron chi connectivity index (χ1n) is 5.71. The molecule has 2 aromatic rings. The van der Waals surface area contributed by atoms with Crippen molar-refractivity contribution >= 4 is 5.91 Å². The molecular formula is C15H15NO2. The van der Waals surface area contributed by atoms with Crippen LogP contribution in [0.15, 0.2) is 48.5 Å². The largest absolute Gasteiger partial charge is 0.497 e. The van der Waals surface area contributed by atoms with Crippen LogP contribution in [0.5, 0.6) is 5.75 Å². The summed E-state index contributed by atoms with van der Waals surface area (Å²) in [7, 11) is 1.60. The zero-order valence-corrected chi connectivity index (χ0v) is 10.2. The Labute approximate surface area is 106 Å². The van der Waals surface area contributed by atoms with Gasteiger partial charge in [0.05, 0.1) is 7.11 Å². The summed E-state index contributed by atoms with van der Waals surface area (Å²) in [6, 6.07) is 15.2. The third kappa shape index (κ3) is 2.69. The molecule has 3 nitrogen and oxygen atoms in total. The summed E-state index contributed by atoms with van der Waals surface area (Å²) in [5.74, 6) is 0.314. The Hall–Kier alpha value is -2.29. The van der Waals surface area contributed by atoms with Crippen LogP contribution in [0.3, 0.4) is 0 Å². The summed E-state index contributed by atoms with van der Waals surface area (Å²) < 4.78 is 5.18. The van der Waals surface area contributed by atoms with E-state index in [1.165, 1.54) is 0 Å². The molecule has 0 heterocycles. The van der Waals surface area contributed by atoms with Crippen LogP contribution in [-0.4, -0.2) is 13.0 Å². The van der Waals surface area contributed by atoms with Crippen LogP contribution in [0.25, 0.3) is 0 Å². The van der Waals surface area contributed by atoms with E-state index in [1.807, 2.05) is 36.4 Å². The number of carbonyl (C=O) groups excluding carboxylic acids is 1. The molecule has 2 rings (SSSR count). The Morgan fingerprint density at radius 1 is 1.17 bits per heavy atom. The molecule has 0 bridgehead atoms. The summed E-state index contributed by atoms with van der Waals surface area (Å²) in [6.07, 6.45) is 0.663. The number of ether oxygens (including phenoxy) is 1. The van der Waals surface area contributed by atoms with Crippen LogP contribution < -0.4 is 10.5 Å². The van der Waals surface area contributed by atoms with Gasteiger partial charge in [0, 0.05) is 5.56 Å². The molecular weight excluding hydrogens is 226 g/mol. The highest BCUT2D eigenvalue weighted by atomic mass is 16.5. The standard InChI is InChI=1S/C15H15NO2/c1-18-13-7-8-14(15(16)17)12(10-13)9-11-5-3-2-4-6-11/h2-8,10H,9H2,1H3,(H2,16,17). The molecule has 92 valence electrons. The van der Waals surface area contributed by atoms with E-state index in [1.54, 1.807) is 19.2 Å². The normalized spacial score (nSPS) is 10.1. The third-order valence-electron chi connectivity index (χ3n) is 2.82. The van der Waals surface area contributed by atoms with E-state index in [-0.39, 0.29) is 0 Å². The quantitative estimate of drug-likeness (QED) is 0.893. The fourth-order valence-corrected chi connectivity index (χ4v) is 1.90. The molecule has 0 fully saturated rings. The molecule has 0 aliphatic rings. The summed E-state index contributed by atoms with van der Waals surface area (Å²) in [5, 5.41) is 0. The molecule has 0 saturated heterocycles. The smallest absolute Gasteiger partial charge is 0.248 e. The molecule has 0 aromatic heterocycles. The monoisotopic (exact) mass is 241 g/mol. The van der Waals surface area contributed by atoms with Gasteiger partial charge in [-0.1, -0.05) is 30.3 Å². The first kappa shape index (κ1) is 12.2. The maximum absolute atomic E-state index is 11.4. The minimum atomic E-state index is -0.413. The van der Waals surface area contributed by atoms with E-state index in [4.69, 9.17) is 10.5 Å². The zero-order chi connectivity index (χ0) is 13.0. The number of hydrogen-bond donors (Lipinski definition) is 1. The fraction of sp³-hybridized carbons (Fsp3) is 0.133. The number of carbonyl (C=O) groups is 1. The fourth-order valence-electron chi connectivity index (χ4n) is 1.90. The molecule has 1 amide bonds. The lowest BCUT2D eigenvalue weighted by Crippen LogP contribution is -2.14. The van der Waals surface area contributed by atoms with E-state index < -0.39 is 5.91 Å². The van der Waals surface area contributed by atoms with Gasteiger partial charge in [-0.15, -0.1) is 0 Å². The molecule has 18 heavy (non-hydrogen) atoms. The van der Waals surface area contributed by atoms with E-state index in [0.717, 1.165) is 16.9 Å². The van der Waals surface area contributed by atoms with Crippen molar-refractivity contribution < 1.29 is 9.53 Å². The highest BCUT2D eigenvalue weighted by molar-refractivity contribution is 5.94. The van der Waals surface area contributed by atoms with Crippen molar-refractivity contribution in [3.63, 3.8) is 0 Å². The van der Waals surface area contributed by atoms with Gasteiger partial charge in [-0.25, -0.2) is 0 Å². The van der Waals surface area contributed by atoms with Crippen molar-refractivity contribution in [2.24, 2.45) is 5.73 Å². The van der Waals surface area contributed by atoms with Crippen LogP contribution in [-0.2, 0) is 6.42 Å². The minimum Gasteiger partial charge on any atom is -0.497 e. The van der Waals surface area contributed by atoms with Gasteiger partial charge in [-0.05, 0) is 35.7 Å². The minimum absolute atomic E-state index is 0.413. The lowest BCUT2D eigenvalue weighted by Gasteiger charge is -2.09. The van der Waals surface area contributed by atoms with Crippen LogP contribution in [0.4, 0.5) is 0 Å². The second-order valence-corrected chi connectivity index (χ2v) is 4.05. The maximum Gasteiger partial charge on any atom is 0.248 e. The molecule has 0 aliphatic heterocycles. The van der Waals surface area contributed by atoms with Gasteiger partial charge in [-0.2, -0.15) is 0 Å². The molecule has 0 saturated carbocycles. The molecule has 0 atom stereocenters. The van der Waals surface area contributed by atoms with Gasteiger partial charge in [-0.3, -0.25) is 4.79 Å². The second-order valence-electron chi connectivity index (χ2n) is 4.05. The van der Waals surface area contributed by atoms with Crippen LogP contribution in [0, 0.1) is 0 Å². The number of rotatable bonds is 4. The summed E-state index contributed by atoms with van der Waals surface area (Å²) >= 11 is 0. The zero-order valence-electron chi connectivity index (χ0n) is 10.2. The number of primary amides is 1. The van der Waals surface area contributed by atoms with Crippen molar-refractivity contribution in [1.29, 1.82) is 0 Å².